The van der Waals surface area contributed by atoms with Crippen molar-refractivity contribution in [3.8, 4) is 0 Å². The lowest BCUT2D eigenvalue weighted by Crippen LogP contribution is -2.65. The first-order valence-corrected chi connectivity index (χ1v) is 9.00. The Balaban J connectivity index is 1.65. The van der Waals surface area contributed by atoms with Crippen LogP contribution in [-0.2, 0) is 4.79 Å². The van der Waals surface area contributed by atoms with Crippen molar-refractivity contribution in [2.24, 2.45) is 0 Å². The third kappa shape index (κ3) is 2.60. The van der Waals surface area contributed by atoms with E-state index in [-0.39, 0.29) is 17.9 Å². The molecule has 2 aromatic rings. The quantitative estimate of drug-likeness (QED) is 0.899. The SMILES string of the molecule is Cc1ccc(N2C(=O)N[C@@H]3CCN(C(=O)c4cccs4)[C@@H]3C2=O)cc1. The predicted octanol–water partition coefficient (Wildman–Crippen LogP) is 2.40. The highest BCUT2D eigenvalue weighted by Gasteiger charge is 2.50. The van der Waals surface area contributed by atoms with Gasteiger partial charge in [0.1, 0.15) is 6.04 Å². The van der Waals surface area contributed by atoms with Crippen LogP contribution < -0.4 is 10.2 Å². The molecule has 2 aliphatic heterocycles. The Kier molecular flexibility index (Phi) is 3.80. The number of carbonyl (C=O) groups excluding carboxylic acids is 3. The van der Waals surface area contributed by atoms with Gasteiger partial charge in [0.25, 0.3) is 11.8 Å². The van der Waals surface area contributed by atoms with Crippen molar-refractivity contribution in [1.29, 1.82) is 0 Å². The van der Waals surface area contributed by atoms with Crippen molar-refractivity contribution in [2.75, 3.05) is 11.4 Å². The number of carbonyl (C=O) groups is 3. The van der Waals surface area contributed by atoms with Gasteiger partial charge in [0.15, 0.2) is 0 Å². The summed E-state index contributed by atoms with van der Waals surface area (Å²) in [6.45, 7) is 2.40. The van der Waals surface area contributed by atoms with Crippen LogP contribution in [0.5, 0.6) is 0 Å². The zero-order valence-electron chi connectivity index (χ0n) is 13.6. The summed E-state index contributed by atoms with van der Waals surface area (Å²) >= 11 is 1.35. The highest BCUT2D eigenvalue weighted by molar-refractivity contribution is 7.12. The Morgan fingerprint density at radius 1 is 1.20 bits per heavy atom. The number of hydrogen-bond acceptors (Lipinski definition) is 4. The zero-order valence-corrected chi connectivity index (χ0v) is 14.5. The van der Waals surface area contributed by atoms with Crippen LogP contribution >= 0.6 is 11.3 Å². The molecule has 128 valence electrons. The van der Waals surface area contributed by atoms with Crippen LogP contribution in [0.3, 0.4) is 0 Å². The molecule has 0 unspecified atom stereocenters. The van der Waals surface area contributed by atoms with Gasteiger partial charge in [-0.2, -0.15) is 0 Å². The van der Waals surface area contributed by atoms with Gasteiger partial charge in [-0.25, -0.2) is 9.69 Å². The molecule has 7 heteroatoms. The molecule has 6 nitrogen and oxygen atoms in total. The van der Waals surface area contributed by atoms with Crippen molar-refractivity contribution in [3.63, 3.8) is 0 Å². The Labute approximate surface area is 149 Å². The van der Waals surface area contributed by atoms with E-state index in [1.54, 1.807) is 23.1 Å². The highest BCUT2D eigenvalue weighted by Crippen LogP contribution is 2.29. The lowest BCUT2D eigenvalue weighted by molar-refractivity contribution is -0.122. The maximum Gasteiger partial charge on any atom is 0.329 e. The molecule has 3 heterocycles. The highest BCUT2D eigenvalue weighted by atomic mass is 32.1. The molecule has 0 saturated carbocycles. The van der Waals surface area contributed by atoms with Crippen LogP contribution in [-0.4, -0.2) is 41.4 Å². The number of benzene rings is 1. The second kappa shape index (κ2) is 6.00. The first-order chi connectivity index (χ1) is 12.1. The van der Waals surface area contributed by atoms with E-state index >= 15 is 0 Å². The van der Waals surface area contributed by atoms with Gasteiger partial charge in [0, 0.05) is 6.54 Å². The molecule has 2 fully saturated rings. The van der Waals surface area contributed by atoms with Crippen LogP contribution in [0.4, 0.5) is 10.5 Å². The van der Waals surface area contributed by atoms with Crippen LogP contribution in [0.25, 0.3) is 0 Å². The Bertz CT molecular complexity index is 832. The largest absolute Gasteiger partial charge is 0.332 e. The van der Waals surface area contributed by atoms with Crippen LogP contribution in [0, 0.1) is 6.92 Å². The molecule has 0 radical (unpaired) electrons. The number of hydrogen-bond donors (Lipinski definition) is 1. The third-order valence-corrected chi connectivity index (χ3v) is 5.53. The number of thiophene rings is 1. The second-order valence-corrected chi connectivity index (χ2v) is 7.22. The number of fused-ring (bicyclic) bond motifs is 1. The predicted molar refractivity (Wildman–Crippen MR) is 94.7 cm³/mol. The monoisotopic (exact) mass is 355 g/mol. The van der Waals surface area contributed by atoms with Crippen molar-refractivity contribution in [2.45, 2.75) is 25.4 Å². The molecular formula is C18H17N3O3S. The molecule has 4 amide bonds. The molecule has 1 aromatic carbocycles. The number of imide groups is 1. The first-order valence-electron chi connectivity index (χ1n) is 8.12. The Hall–Kier alpha value is -2.67. The standard InChI is InChI=1S/C18H17N3O3S/c1-11-4-6-12(7-5-11)21-17(23)15-13(19-18(21)24)8-9-20(15)16(22)14-3-2-10-25-14/h2-7,10,13,15H,8-9H2,1H3,(H,19,24)/t13-,15+/m1/s1. The smallest absolute Gasteiger partial charge is 0.329 e. The van der Waals surface area contributed by atoms with E-state index in [0.29, 0.717) is 23.5 Å². The van der Waals surface area contributed by atoms with E-state index in [2.05, 4.69) is 5.32 Å². The minimum absolute atomic E-state index is 0.157. The third-order valence-electron chi connectivity index (χ3n) is 4.67. The summed E-state index contributed by atoms with van der Waals surface area (Å²) in [4.78, 5) is 41.5. The summed E-state index contributed by atoms with van der Waals surface area (Å²) in [6.07, 6.45) is 0.584. The summed E-state index contributed by atoms with van der Waals surface area (Å²) in [5.41, 5.74) is 1.56. The number of nitrogens with zero attached hydrogens (tertiary/aromatic N) is 2. The molecule has 1 N–H and O–H groups in total. The number of likely N-dealkylation sites (tertiary alicyclic amines) is 1. The lowest BCUT2D eigenvalue weighted by Gasteiger charge is -2.36. The molecule has 0 aliphatic carbocycles. The maximum atomic E-state index is 13.1. The summed E-state index contributed by atoms with van der Waals surface area (Å²) in [7, 11) is 0. The van der Waals surface area contributed by atoms with E-state index in [9.17, 15) is 14.4 Å². The van der Waals surface area contributed by atoms with Gasteiger partial charge in [-0.3, -0.25) is 9.59 Å². The zero-order chi connectivity index (χ0) is 17.6. The molecular weight excluding hydrogens is 338 g/mol. The second-order valence-electron chi connectivity index (χ2n) is 6.27. The van der Waals surface area contributed by atoms with Gasteiger partial charge in [-0.05, 0) is 36.9 Å². The molecule has 2 atom stereocenters. The lowest BCUT2D eigenvalue weighted by atomic mass is 10.0. The fourth-order valence-electron chi connectivity index (χ4n) is 3.41. The molecule has 25 heavy (non-hydrogen) atoms. The topological polar surface area (TPSA) is 69.7 Å². The number of nitrogens with one attached hydrogen (secondary N) is 1. The average Bonchev–Trinajstić information content (AvgIpc) is 3.25. The number of urea groups is 1. The van der Waals surface area contributed by atoms with Gasteiger partial charge in [0.2, 0.25) is 0 Å². The van der Waals surface area contributed by atoms with E-state index < -0.39 is 12.1 Å². The van der Waals surface area contributed by atoms with Gasteiger partial charge in [0.05, 0.1) is 16.6 Å². The van der Waals surface area contributed by atoms with Crippen LogP contribution in [0.1, 0.15) is 21.7 Å². The number of aryl methyl sites for hydroxylation is 1. The van der Waals surface area contributed by atoms with Crippen molar-refractivity contribution >= 4 is 34.9 Å². The number of rotatable bonds is 2. The Morgan fingerprint density at radius 3 is 2.64 bits per heavy atom. The van der Waals surface area contributed by atoms with Crippen molar-refractivity contribution < 1.29 is 14.4 Å². The van der Waals surface area contributed by atoms with Crippen molar-refractivity contribution in [1.82, 2.24) is 10.2 Å². The normalized spacial score (nSPS) is 22.8. The van der Waals surface area contributed by atoms with E-state index in [4.69, 9.17) is 0 Å². The Morgan fingerprint density at radius 2 is 1.96 bits per heavy atom. The average molecular weight is 355 g/mol. The molecule has 0 spiro atoms. The minimum atomic E-state index is -0.659. The van der Waals surface area contributed by atoms with Gasteiger partial charge >= 0.3 is 6.03 Å². The molecule has 2 saturated heterocycles. The van der Waals surface area contributed by atoms with Gasteiger partial charge < -0.3 is 10.2 Å². The number of anilines is 1. The molecule has 2 aliphatic rings. The van der Waals surface area contributed by atoms with Gasteiger partial charge in [-0.15, -0.1) is 11.3 Å². The molecule has 1 aromatic heterocycles. The fraction of sp³-hybridized carbons (Fsp3) is 0.278. The van der Waals surface area contributed by atoms with Crippen LogP contribution in [0.15, 0.2) is 41.8 Å². The summed E-state index contributed by atoms with van der Waals surface area (Å²) in [6, 6.07) is 9.34. The van der Waals surface area contributed by atoms with Crippen molar-refractivity contribution in [3.05, 3.63) is 52.2 Å². The van der Waals surface area contributed by atoms with Crippen LogP contribution in [0.2, 0.25) is 0 Å². The van der Waals surface area contributed by atoms with E-state index in [0.717, 1.165) is 10.5 Å². The summed E-state index contributed by atoms with van der Waals surface area (Å²) in [5, 5.41) is 4.71. The summed E-state index contributed by atoms with van der Waals surface area (Å²) in [5.74, 6) is -0.504. The minimum Gasteiger partial charge on any atom is -0.332 e. The van der Waals surface area contributed by atoms with E-state index in [1.807, 2.05) is 30.5 Å². The summed E-state index contributed by atoms with van der Waals surface area (Å²) < 4.78 is 0. The molecule has 4 rings (SSSR count). The number of amides is 4. The van der Waals surface area contributed by atoms with Gasteiger partial charge in [-0.1, -0.05) is 23.8 Å². The first kappa shape index (κ1) is 15.8. The van der Waals surface area contributed by atoms with E-state index in [1.165, 1.54) is 11.3 Å². The maximum absolute atomic E-state index is 13.1. The molecule has 0 bridgehead atoms. The fourth-order valence-corrected chi connectivity index (χ4v) is 4.09.